The van der Waals surface area contributed by atoms with E-state index >= 15 is 0 Å². The van der Waals surface area contributed by atoms with Gasteiger partial charge in [0.05, 0.1) is 11.4 Å². The van der Waals surface area contributed by atoms with E-state index in [2.05, 4.69) is 43.3 Å². The summed E-state index contributed by atoms with van der Waals surface area (Å²) in [5, 5.41) is 8.50. The van der Waals surface area contributed by atoms with Gasteiger partial charge < -0.3 is 4.90 Å². The van der Waals surface area contributed by atoms with Gasteiger partial charge in [0.25, 0.3) is 0 Å². The molecule has 138 valence electrons. The van der Waals surface area contributed by atoms with Gasteiger partial charge in [0, 0.05) is 53.0 Å². The number of benzene rings is 2. The van der Waals surface area contributed by atoms with Crippen molar-refractivity contribution in [2.45, 2.75) is 13.0 Å². The molecule has 0 amide bonds. The standard InChI is InChI=1S/C22H18ClN5/c23-17-8-6-16(7-9-17)22-18-13-28(11-10-19(18)26-27-22)21-12-20(24-14-25-21)15-4-2-1-3-5-15/h1-9,12,14H,10-11,13H2,(H,26,27). The molecule has 1 aliphatic heterocycles. The summed E-state index contributed by atoms with van der Waals surface area (Å²) < 4.78 is 0. The Kier molecular flexibility index (Phi) is 4.29. The van der Waals surface area contributed by atoms with Crippen molar-refractivity contribution in [3.8, 4) is 22.5 Å². The molecule has 3 heterocycles. The molecule has 0 spiro atoms. The molecule has 0 radical (unpaired) electrons. The summed E-state index contributed by atoms with van der Waals surface area (Å²) in [4.78, 5) is 11.3. The van der Waals surface area contributed by atoms with Crippen LogP contribution in [0, 0.1) is 0 Å². The topological polar surface area (TPSA) is 57.7 Å². The molecule has 5 rings (SSSR count). The van der Waals surface area contributed by atoms with Crippen LogP contribution >= 0.6 is 11.6 Å². The highest BCUT2D eigenvalue weighted by Gasteiger charge is 2.24. The van der Waals surface area contributed by atoms with Crippen LogP contribution in [0.4, 0.5) is 5.82 Å². The lowest BCUT2D eigenvalue weighted by atomic mass is 10.0. The summed E-state index contributed by atoms with van der Waals surface area (Å²) in [6.07, 6.45) is 2.54. The summed E-state index contributed by atoms with van der Waals surface area (Å²) in [5.41, 5.74) is 6.48. The van der Waals surface area contributed by atoms with Crippen LogP contribution < -0.4 is 4.90 Å². The maximum Gasteiger partial charge on any atom is 0.132 e. The van der Waals surface area contributed by atoms with Gasteiger partial charge in [0.1, 0.15) is 12.1 Å². The number of aromatic nitrogens is 4. The third-order valence-corrected chi connectivity index (χ3v) is 5.35. The quantitative estimate of drug-likeness (QED) is 0.551. The maximum absolute atomic E-state index is 6.03. The minimum Gasteiger partial charge on any atom is -0.352 e. The van der Waals surface area contributed by atoms with E-state index in [9.17, 15) is 0 Å². The Hall–Kier alpha value is -3.18. The monoisotopic (exact) mass is 387 g/mol. The highest BCUT2D eigenvalue weighted by Crippen LogP contribution is 2.31. The first kappa shape index (κ1) is 17.0. The van der Waals surface area contributed by atoms with Crippen LogP contribution in [0.1, 0.15) is 11.3 Å². The molecule has 0 aliphatic carbocycles. The van der Waals surface area contributed by atoms with Gasteiger partial charge in [-0.3, -0.25) is 5.10 Å². The van der Waals surface area contributed by atoms with Crippen molar-refractivity contribution < 1.29 is 0 Å². The summed E-state index contributed by atoms with van der Waals surface area (Å²) in [5.74, 6) is 0.933. The van der Waals surface area contributed by atoms with Gasteiger partial charge >= 0.3 is 0 Å². The summed E-state index contributed by atoms with van der Waals surface area (Å²) in [7, 11) is 0. The zero-order chi connectivity index (χ0) is 18.9. The fourth-order valence-electron chi connectivity index (χ4n) is 3.62. The largest absolute Gasteiger partial charge is 0.352 e. The number of rotatable bonds is 3. The number of nitrogens with zero attached hydrogens (tertiary/aromatic N) is 4. The van der Waals surface area contributed by atoms with Crippen LogP contribution in [0.25, 0.3) is 22.5 Å². The molecule has 0 atom stereocenters. The van der Waals surface area contributed by atoms with E-state index in [4.69, 9.17) is 11.6 Å². The van der Waals surface area contributed by atoms with Crippen molar-refractivity contribution in [1.82, 2.24) is 20.2 Å². The molecule has 2 aromatic carbocycles. The molecule has 6 heteroatoms. The number of halogens is 1. The predicted octanol–water partition coefficient (Wildman–Crippen LogP) is 4.75. The molecule has 1 aliphatic rings. The lowest BCUT2D eigenvalue weighted by molar-refractivity contribution is 0.710. The van der Waals surface area contributed by atoms with E-state index in [-0.39, 0.29) is 0 Å². The number of anilines is 1. The minimum atomic E-state index is 0.726. The summed E-state index contributed by atoms with van der Waals surface area (Å²) >= 11 is 6.03. The zero-order valence-electron chi connectivity index (χ0n) is 15.1. The fourth-order valence-corrected chi connectivity index (χ4v) is 3.75. The van der Waals surface area contributed by atoms with Crippen molar-refractivity contribution in [2.24, 2.45) is 0 Å². The molecule has 2 aromatic heterocycles. The Bertz CT molecular complexity index is 1110. The highest BCUT2D eigenvalue weighted by molar-refractivity contribution is 6.30. The molecule has 0 fully saturated rings. The van der Waals surface area contributed by atoms with E-state index in [1.54, 1.807) is 6.33 Å². The average molecular weight is 388 g/mol. The van der Waals surface area contributed by atoms with Crippen LogP contribution in [0.15, 0.2) is 67.0 Å². The lowest BCUT2D eigenvalue weighted by Crippen LogP contribution is -2.31. The Morgan fingerprint density at radius 3 is 2.57 bits per heavy atom. The number of aromatic amines is 1. The van der Waals surface area contributed by atoms with Gasteiger partial charge in [-0.05, 0) is 12.1 Å². The minimum absolute atomic E-state index is 0.726. The lowest BCUT2D eigenvalue weighted by Gasteiger charge is -2.28. The molecule has 4 aromatic rings. The van der Waals surface area contributed by atoms with Crippen LogP contribution in [-0.2, 0) is 13.0 Å². The van der Waals surface area contributed by atoms with Gasteiger partial charge in [-0.1, -0.05) is 54.1 Å². The maximum atomic E-state index is 6.03. The van der Waals surface area contributed by atoms with Crippen LogP contribution in [0.2, 0.25) is 5.02 Å². The van der Waals surface area contributed by atoms with Crippen LogP contribution in [0.3, 0.4) is 0 Å². The Labute approximate surface area is 168 Å². The Morgan fingerprint density at radius 1 is 0.929 bits per heavy atom. The average Bonchev–Trinajstić information content (AvgIpc) is 3.18. The Morgan fingerprint density at radius 2 is 1.75 bits per heavy atom. The molecule has 0 bridgehead atoms. The number of nitrogens with one attached hydrogen (secondary N) is 1. The summed E-state index contributed by atoms with van der Waals surface area (Å²) in [6, 6.07) is 20.1. The van der Waals surface area contributed by atoms with E-state index in [0.717, 1.165) is 52.9 Å². The van der Waals surface area contributed by atoms with Crippen molar-refractivity contribution >= 4 is 17.4 Å². The zero-order valence-corrected chi connectivity index (χ0v) is 15.9. The van der Waals surface area contributed by atoms with Gasteiger partial charge in [-0.2, -0.15) is 5.10 Å². The van der Waals surface area contributed by atoms with Crippen LogP contribution in [0.5, 0.6) is 0 Å². The van der Waals surface area contributed by atoms with Crippen molar-refractivity contribution in [2.75, 3.05) is 11.4 Å². The van der Waals surface area contributed by atoms with Gasteiger partial charge in [-0.25, -0.2) is 9.97 Å². The molecule has 0 saturated carbocycles. The van der Waals surface area contributed by atoms with Crippen molar-refractivity contribution in [3.63, 3.8) is 0 Å². The highest BCUT2D eigenvalue weighted by atomic mass is 35.5. The molecule has 0 unspecified atom stereocenters. The molecule has 1 N–H and O–H groups in total. The number of fused-ring (bicyclic) bond motifs is 1. The third kappa shape index (κ3) is 3.14. The second kappa shape index (κ2) is 7.09. The molecular formula is C22H18ClN5. The second-order valence-electron chi connectivity index (χ2n) is 6.84. The summed E-state index contributed by atoms with van der Waals surface area (Å²) in [6.45, 7) is 1.65. The normalized spacial score (nSPS) is 13.4. The van der Waals surface area contributed by atoms with E-state index in [1.807, 2.05) is 42.5 Å². The first-order valence-electron chi connectivity index (χ1n) is 9.22. The first-order chi connectivity index (χ1) is 13.8. The van der Waals surface area contributed by atoms with Crippen LogP contribution in [-0.4, -0.2) is 26.7 Å². The molecule has 28 heavy (non-hydrogen) atoms. The van der Waals surface area contributed by atoms with E-state index in [0.29, 0.717) is 0 Å². The van der Waals surface area contributed by atoms with E-state index in [1.165, 1.54) is 11.3 Å². The Balaban J connectivity index is 1.46. The predicted molar refractivity (Wildman–Crippen MR) is 111 cm³/mol. The molecule has 5 nitrogen and oxygen atoms in total. The number of hydrogen-bond donors (Lipinski definition) is 1. The van der Waals surface area contributed by atoms with Crippen molar-refractivity contribution in [3.05, 3.63) is 83.3 Å². The van der Waals surface area contributed by atoms with Gasteiger partial charge in [0.15, 0.2) is 0 Å². The SMILES string of the molecule is Clc1ccc(-c2n[nH]c3c2CN(c2cc(-c4ccccc4)ncn2)CC3)cc1. The fraction of sp³-hybridized carbons (Fsp3) is 0.136. The first-order valence-corrected chi connectivity index (χ1v) is 9.60. The molecular weight excluding hydrogens is 370 g/mol. The molecule has 0 saturated heterocycles. The third-order valence-electron chi connectivity index (χ3n) is 5.10. The smallest absolute Gasteiger partial charge is 0.132 e. The second-order valence-corrected chi connectivity index (χ2v) is 7.27. The number of hydrogen-bond acceptors (Lipinski definition) is 4. The van der Waals surface area contributed by atoms with E-state index < -0.39 is 0 Å². The van der Waals surface area contributed by atoms with Gasteiger partial charge in [0.2, 0.25) is 0 Å². The van der Waals surface area contributed by atoms with Gasteiger partial charge in [-0.15, -0.1) is 0 Å². The van der Waals surface area contributed by atoms with Crippen molar-refractivity contribution in [1.29, 1.82) is 0 Å². The number of H-pyrrole nitrogens is 1.